The predicted molar refractivity (Wildman–Crippen MR) is 71.7 cm³/mol. The molecular formula is C13H9BP. The molecule has 2 aromatic carbocycles. The van der Waals surface area contributed by atoms with Crippen LogP contribution in [0.1, 0.15) is 5.56 Å². The van der Waals surface area contributed by atoms with Crippen molar-refractivity contribution in [1.29, 1.82) is 0 Å². The fourth-order valence-electron chi connectivity index (χ4n) is 1.94. The van der Waals surface area contributed by atoms with Gasteiger partial charge in [0, 0.05) is 0 Å². The summed E-state index contributed by atoms with van der Waals surface area (Å²) in [7, 11) is 5.70. The first-order valence-electron chi connectivity index (χ1n) is 4.97. The molecule has 0 bridgehead atoms. The first-order chi connectivity index (χ1) is 7.33. The molecule has 0 amide bonds. The van der Waals surface area contributed by atoms with Gasteiger partial charge in [0.15, 0.2) is 7.28 Å². The van der Waals surface area contributed by atoms with E-state index in [1.54, 1.807) is 0 Å². The first-order valence-corrected chi connectivity index (χ1v) is 5.47. The van der Waals surface area contributed by atoms with Gasteiger partial charge in [-0.1, -0.05) is 53.1 Å². The Kier molecular flexibility index (Phi) is 2.00. The topological polar surface area (TPSA) is 0 Å². The van der Waals surface area contributed by atoms with Gasteiger partial charge in [-0.2, -0.15) is 0 Å². The molecule has 15 heavy (non-hydrogen) atoms. The third-order valence-corrected chi connectivity index (χ3v) is 3.02. The maximum Gasteiger partial charge on any atom is 0.197 e. The van der Waals surface area contributed by atoms with Gasteiger partial charge in [0.2, 0.25) is 0 Å². The summed E-state index contributed by atoms with van der Waals surface area (Å²) in [5, 5.41) is 3.71. The van der Waals surface area contributed by atoms with Crippen molar-refractivity contribution in [1.82, 2.24) is 0 Å². The average Bonchev–Trinajstić information content (AvgIpc) is 2.26. The number of benzene rings is 2. The number of allylic oxidation sites excluding steroid dienone is 1. The van der Waals surface area contributed by atoms with Crippen LogP contribution in [0.15, 0.2) is 42.5 Å². The van der Waals surface area contributed by atoms with Crippen LogP contribution < -0.4 is 5.46 Å². The maximum atomic E-state index is 3.55. The Morgan fingerprint density at radius 1 is 0.933 bits per heavy atom. The highest BCUT2D eigenvalue weighted by molar-refractivity contribution is 7.33. The minimum atomic E-state index is 1.12. The van der Waals surface area contributed by atoms with Crippen molar-refractivity contribution in [2.45, 2.75) is 0 Å². The van der Waals surface area contributed by atoms with Crippen LogP contribution in [0.3, 0.4) is 0 Å². The second kappa shape index (κ2) is 3.36. The highest BCUT2D eigenvalue weighted by Gasteiger charge is 2.09. The number of fused-ring (bicyclic) bond motifs is 2. The average molecular weight is 207 g/mol. The van der Waals surface area contributed by atoms with Gasteiger partial charge >= 0.3 is 0 Å². The van der Waals surface area contributed by atoms with Gasteiger partial charge in [0.25, 0.3) is 0 Å². The van der Waals surface area contributed by atoms with Gasteiger partial charge in [0.05, 0.1) is 0 Å². The third kappa shape index (κ3) is 1.54. The Bertz CT molecular complexity index is 584. The summed E-state index contributed by atoms with van der Waals surface area (Å²) < 4.78 is 0. The van der Waals surface area contributed by atoms with Crippen molar-refractivity contribution in [2.75, 3.05) is 0 Å². The van der Waals surface area contributed by atoms with E-state index in [1.165, 1.54) is 21.8 Å². The minimum absolute atomic E-state index is 1.12. The molecule has 0 spiro atoms. The van der Waals surface area contributed by atoms with Gasteiger partial charge < -0.3 is 0 Å². The Balaban J connectivity index is 2.31. The van der Waals surface area contributed by atoms with Crippen LogP contribution in [0.25, 0.3) is 16.8 Å². The number of hydrogen-bond donors (Lipinski definition) is 0. The highest BCUT2D eigenvalue weighted by atomic mass is 31.0. The molecule has 1 aliphatic heterocycles. The van der Waals surface area contributed by atoms with E-state index < -0.39 is 0 Å². The lowest BCUT2D eigenvalue weighted by atomic mass is 9.62. The first kappa shape index (κ1) is 8.94. The molecule has 69 valence electrons. The zero-order chi connectivity index (χ0) is 10.3. The van der Waals surface area contributed by atoms with E-state index in [0.717, 1.165) is 5.19 Å². The van der Waals surface area contributed by atoms with E-state index in [0.29, 0.717) is 0 Å². The summed E-state index contributed by atoms with van der Waals surface area (Å²) in [4.78, 5) is 0. The van der Waals surface area contributed by atoms with E-state index in [-0.39, 0.29) is 0 Å². The zero-order valence-corrected chi connectivity index (χ0v) is 9.20. The summed E-state index contributed by atoms with van der Waals surface area (Å²) in [5.41, 5.74) is 2.57. The molecule has 1 aliphatic rings. The van der Waals surface area contributed by atoms with E-state index in [2.05, 4.69) is 64.7 Å². The molecule has 0 aromatic heterocycles. The van der Waals surface area contributed by atoms with Gasteiger partial charge in [-0.15, -0.1) is 8.86 Å². The largest absolute Gasteiger partial charge is 0.197 e. The van der Waals surface area contributed by atoms with Gasteiger partial charge in [-0.05, 0) is 22.4 Å². The summed E-state index contributed by atoms with van der Waals surface area (Å²) in [6.07, 6.45) is 4.22. The summed E-state index contributed by atoms with van der Waals surface area (Å²) in [6, 6.07) is 12.9. The molecule has 0 aliphatic carbocycles. The van der Waals surface area contributed by atoms with Crippen LogP contribution in [0, 0.1) is 0 Å². The summed E-state index contributed by atoms with van der Waals surface area (Å²) in [5.74, 6) is 0. The SMILES string of the molecule is P=C1[B]c2cc3ccccc3cc2C=C1. The minimum Gasteiger partial charge on any atom is -0.129 e. The zero-order valence-electron chi connectivity index (χ0n) is 8.20. The number of hydrogen-bond acceptors (Lipinski definition) is 0. The molecule has 0 fully saturated rings. The van der Waals surface area contributed by atoms with Crippen molar-refractivity contribution in [3.05, 3.63) is 48.0 Å². The molecule has 0 saturated heterocycles. The smallest absolute Gasteiger partial charge is 0.129 e. The van der Waals surface area contributed by atoms with Crippen LogP contribution in [0.5, 0.6) is 0 Å². The van der Waals surface area contributed by atoms with E-state index in [4.69, 9.17) is 0 Å². The standard InChI is InChI=1S/C13H9BP/c15-13-6-5-11-7-9-3-1-2-4-10(9)8-12(11)14-13/h1-8,15H. The van der Waals surface area contributed by atoms with Crippen molar-refractivity contribution in [3.8, 4) is 0 Å². The van der Waals surface area contributed by atoms with E-state index >= 15 is 0 Å². The summed E-state index contributed by atoms with van der Waals surface area (Å²) >= 11 is 0. The molecule has 1 heterocycles. The quantitative estimate of drug-likeness (QED) is 0.459. The van der Waals surface area contributed by atoms with Crippen LogP contribution in [0.2, 0.25) is 0 Å². The lowest BCUT2D eigenvalue weighted by Gasteiger charge is -2.12. The molecule has 0 atom stereocenters. The molecule has 0 N–H and O–H groups in total. The van der Waals surface area contributed by atoms with Crippen LogP contribution in [0.4, 0.5) is 0 Å². The highest BCUT2D eigenvalue weighted by Crippen LogP contribution is 2.16. The Morgan fingerprint density at radius 3 is 2.47 bits per heavy atom. The monoisotopic (exact) mass is 207 g/mol. The lowest BCUT2D eigenvalue weighted by Crippen LogP contribution is -2.26. The second-order valence-electron chi connectivity index (χ2n) is 3.76. The molecule has 0 saturated carbocycles. The van der Waals surface area contributed by atoms with Gasteiger partial charge in [-0.3, -0.25) is 0 Å². The van der Waals surface area contributed by atoms with Gasteiger partial charge in [-0.25, -0.2) is 0 Å². The second-order valence-corrected chi connectivity index (χ2v) is 4.34. The summed E-state index contributed by atoms with van der Waals surface area (Å²) in [6.45, 7) is 0. The van der Waals surface area contributed by atoms with Crippen molar-refractivity contribution in [3.63, 3.8) is 0 Å². The van der Waals surface area contributed by atoms with Crippen molar-refractivity contribution >= 4 is 43.6 Å². The van der Waals surface area contributed by atoms with Crippen LogP contribution in [-0.2, 0) is 0 Å². The van der Waals surface area contributed by atoms with Gasteiger partial charge in [0.1, 0.15) is 0 Å². The molecule has 0 unspecified atom stereocenters. The molecule has 2 aromatic rings. The van der Waals surface area contributed by atoms with Crippen molar-refractivity contribution in [2.24, 2.45) is 0 Å². The molecule has 0 nitrogen and oxygen atoms in total. The predicted octanol–water partition coefficient (Wildman–Crippen LogP) is 2.47. The fraction of sp³-hybridized carbons (Fsp3) is 0. The third-order valence-electron chi connectivity index (χ3n) is 2.70. The Morgan fingerprint density at radius 2 is 1.67 bits per heavy atom. The lowest BCUT2D eigenvalue weighted by molar-refractivity contribution is 1.75. The Hall–Kier alpha value is -1.33. The van der Waals surface area contributed by atoms with Crippen molar-refractivity contribution < 1.29 is 0 Å². The van der Waals surface area contributed by atoms with E-state index in [1.807, 2.05) is 0 Å². The number of rotatable bonds is 0. The molecule has 2 heteroatoms. The fourth-order valence-corrected chi connectivity index (χ4v) is 2.18. The Labute approximate surface area is 92.1 Å². The molecule has 1 radical (unpaired) electrons. The molecular weight excluding hydrogens is 198 g/mol. The maximum absolute atomic E-state index is 3.55. The normalized spacial score (nSPS) is 13.7. The molecule has 3 rings (SSSR count). The van der Waals surface area contributed by atoms with E-state index in [9.17, 15) is 0 Å². The van der Waals surface area contributed by atoms with Crippen LogP contribution >= 0.6 is 8.86 Å². The van der Waals surface area contributed by atoms with Crippen LogP contribution in [-0.4, -0.2) is 12.5 Å².